The molecule has 1 amide bonds. The van der Waals surface area contributed by atoms with Crippen LogP contribution < -0.4 is 5.32 Å². The van der Waals surface area contributed by atoms with Gasteiger partial charge in [-0.15, -0.1) is 0 Å². The molecule has 0 aliphatic heterocycles. The van der Waals surface area contributed by atoms with Gasteiger partial charge in [0.1, 0.15) is 5.82 Å². The third-order valence-corrected chi connectivity index (χ3v) is 2.96. The van der Waals surface area contributed by atoms with E-state index in [1.807, 2.05) is 0 Å². The Hall–Kier alpha value is -1.49. The van der Waals surface area contributed by atoms with Gasteiger partial charge in [0, 0.05) is 6.20 Å². The zero-order chi connectivity index (χ0) is 11.6. The van der Waals surface area contributed by atoms with Crippen LogP contribution in [0.1, 0.15) is 29.6 Å². The smallest absolute Gasteiger partial charge is 0.253 e. The number of halogens is 1. The van der Waals surface area contributed by atoms with Crippen LogP contribution in [0.15, 0.2) is 18.5 Å². The lowest BCUT2D eigenvalue weighted by Gasteiger charge is -2.40. The number of hydrogen-bond acceptors (Lipinski definition) is 3. The molecule has 86 valence electrons. The molecule has 0 spiro atoms. The number of carbonyl (C=O) groups is 1. The van der Waals surface area contributed by atoms with Crippen LogP contribution >= 0.6 is 0 Å². The predicted octanol–water partition coefficient (Wildman–Crippen LogP) is 0.865. The highest BCUT2D eigenvalue weighted by Crippen LogP contribution is 2.31. The molecule has 0 bridgehead atoms. The van der Waals surface area contributed by atoms with Crippen LogP contribution in [-0.2, 0) is 0 Å². The number of hydrogen-bond donors (Lipinski definition) is 2. The number of nitrogens with one attached hydrogen (secondary N) is 1. The first-order chi connectivity index (χ1) is 7.65. The van der Waals surface area contributed by atoms with Crippen molar-refractivity contribution in [2.24, 2.45) is 0 Å². The first-order valence-electron chi connectivity index (χ1n) is 5.19. The van der Waals surface area contributed by atoms with E-state index in [1.54, 1.807) is 0 Å². The van der Waals surface area contributed by atoms with Gasteiger partial charge in [-0.3, -0.25) is 9.78 Å². The first-order valence-corrected chi connectivity index (χ1v) is 5.19. The van der Waals surface area contributed by atoms with Gasteiger partial charge in [-0.25, -0.2) is 4.39 Å². The monoisotopic (exact) mass is 224 g/mol. The van der Waals surface area contributed by atoms with E-state index in [0.29, 0.717) is 0 Å². The second kappa shape index (κ2) is 4.17. The number of aliphatic hydroxyl groups excluding tert-OH is 1. The van der Waals surface area contributed by atoms with Crippen LogP contribution in [-0.4, -0.2) is 28.1 Å². The lowest BCUT2D eigenvalue weighted by molar-refractivity contribution is 0.0641. The lowest BCUT2D eigenvalue weighted by atomic mass is 9.77. The summed E-state index contributed by atoms with van der Waals surface area (Å²) in [5, 5.41) is 11.9. The minimum Gasteiger partial charge on any atom is -0.394 e. The minimum atomic E-state index is -0.542. The molecule has 0 atom stereocenters. The standard InChI is InChI=1S/C11H13FN2O2/c12-9-4-8(5-13-6-9)10(16)14-11(7-15)2-1-3-11/h4-6,15H,1-3,7H2,(H,14,16). The maximum Gasteiger partial charge on any atom is 0.253 e. The summed E-state index contributed by atoms with van der Waals surface area (Å²) in [4.78, 5) is 15.3. The maximum absolute atomic E-state index is 12.8. The highest BCUT2D eigenvalue weighted by atomic mass is 19.1. The Balaban J connectivity index is 2.08. The van der Waals surface area contributed by atoms with Gasteiger partial charge >= 0.3 is 0 Å². The third kappa shape index (κ3) is 2.04. The number of nitrogens with zero attached hydrogens (tertiary/aromatic N) is 1. The molecule has 1 aliphatic rings. The number of aromatic nitrogens is 1. The molecule has 1 saturated carbocycles. The Morgan fingerprint density at radius 2 is 2.31 bits per heavy atom. The summed E-state index contributed by atoms with van der Waals surface area (Å²) in [7, 11) is 0. The van der Waals surface area contributed by atoms with Crippen molar-refractivity contribution in [2.75, 3.05) is 6.61 Å². The largest absolute Gasteiger partial charge is 0.394 e. The Bertz CT molecular complexity index is 399. The average molecular weight is 224 g/mol. The normalized spacial score (nSPS) is 17.6. The van der Waals surface area contributed by atoms with Crippen LogP contribution in [0.4, 0.5) is 4.39 Å². The van der Waals surface area contributed by atoms with Crippen molar-refractivity contribution < 1.29 is 14.3 Å². The molecular formula is C11H13FN2O2. The van der Waals surface area contributed by atoms with E-state index >= 15 is 0 Å². The van der Waals surface area contributed by atoms with E-state index in [0.717, 1.165) is 31.5 Å². The van der Waals surface area contributed by atoms with Crippen LogP contribution in [0, 0.1) is 5.82 Å². The van der Waals surface area contributed by atoms with Gasteiger partial charge in [-0.1, -0.05) is 0 Å². The molecule has 1 aliphatic carbocycles. The Kier molecular flexibility index (Phi) is 2.87. The molecule has 0 radical (unpaired) electrons. The number of carbonyl (C=O) groups excluding carboxylic acids is 1. The second-order valence-electron chi connectivity index (χ2n) is 4.14. The first kappa shape index (κ1) is 11.0. The van der Waals surface area contributed by atoms with Crippen molar-refractivity contribution in [3.05, 3.63) is 29.8 Å². The van der Waals surface area contributed by atoms with Crippen molar-refractivity contribution in [2.45, 2.75) is 24.8 Å². The molecule has 0 saturated heterocycles. The van der Waals surface area contributed by atoms with Gasteiger partial charge in [-0.2, -0.15) is 0 Å². The van der Waals surface area contributed by atoms with Crippen molar-refractivity contribution >= 4 is 5.91 Å². The van der Waals surface area contributed by atoms with Crippen LogP contribution in [0.25, 0.3) is 0 Å². The number of aliphatic hydroxyl groups is 1. The quantitative estimate of drug-likeness (QED) is 0.800. The van der Waals surface area contributed by atoms with Crippen molar-refractivity contribution in [3.63, 3.8) is 0 Å². The summed E-state index contributed by atoms with van der Waals surface area (Å²) in [5.74, 6) is -0.931. The van der Waals surface area contributed by atoms with E-state index < -0.39 is 11.4 Å². The van der Waals surface area contributed by atoms with Gasteiger partial charge in [-0.05, 0) is 25.3 Å². The molecule has 0 aromatic carbocycles. The fourth-order valence-corrected chi connectivity index (χ4v) is 1.78. The molecule has 1 fully saturated rings. The van der Waals surface area contributed by atoms with Gasteiger partial charge in [0.05, 0.1) is 23.9 Å². The number of rotatable bonds is 3. The van der Waals surface area contributed by atoms with Crippen molar-refractivity contribution in [3.8, 4) is 0 Å². The Morgan fingerprint density at radius 3 is 2.81 bits per heavy atom. The third-order valence-electron chi connectivity index (χ3n) is 2.96. The lowest BCUT2D eigenvalue weighted by Crippen LogP contribution is -2.56. The summed E-state index contributed by atoms with van der Waals surface area (Å²) < 4.78 is 12.8. The van der Waals surface area contributed by atoms with Crippen LogP contribution in [0.2, 0.25) is 0 Å². The topological polar surface area (TPSA) is 62.2 Å². The van der Waals surface area contributed by atoms with Crippen molar-refractivity contribution in [1.29, 1.82) is 0 Å². The summed E-state index contributed by atoms with van der Waals surface area (Å²) in [6.07, 6.45) is 4.86. The predicted molar refractivity (Wildman–Crippen MR) is 55.3 cm³/mol. The molecule has 16 heavy (non-hydrogen) atoms. The summed E-state index contributed by atoms with van der Waals surface area (Å²) >= 11 is 0. The van der Waals surface area contributed by atoms with Crippen LogP contribution in [0.3, 0.4) is 0 Å². The minimum absolute atomic E-state index is 0.0819. The molecular weight excluding hydrogens is 211 g/mol. The van der Waals surface area contributed by atoms with Crippen LogP contribution in [0.5, 0.6) is 0 Å². The SMILES string of the molecule is O=C(NC1(CO)CCC1)c1cncc(F)c1. The molecule has 2 rings (SSSR count). The Morgan fingerprint density at radius 1 is 1.56 bits per heavy atom. The number of amides is 1. The summed E-state index contributed by atoms with van der Waals surface area (Å²) in [6.45, 7) is -0.0819. The summed E-state index contributed by atoms with van der Waals surface area (Å²) in [6, 6.07) is 1.13. The average Bonchev–Trinajstić information content (AvgIpc) is 2.23. The molecule has 2 N–H and O–H groups in total. The van der Waals surface area contributed by atoms with E-state index in [2.05, 4.69) is 10.3 Å². The molecule has 1 aromatic heterocycles. The molecule has 0 unspecified atom stereocenters. The zero-order valence-electron chi connectivity index (χ0n) is 8.74. The maximum atomic E-state index is 12.8. The fraction of sp³-hybridized carbons (Fsp3) is 0.455. The van der Waals surface area contributed by atoms with E-state index in [1.165, 1.54) is 6.20 Å². The zero-order valence-corrected chi connectivity index (χ0v) is 8.74. The highest BCUT2D eigenvalue weighted by Gasteiger charge is 2.37. The van der Waals surface area contributed by atoms with E-state index in [4.69, 9.17) is 0 Å². The highest BCUT2D eigenvalue weighted by molar-refractivity contribution is 5.94. The fourth-order valence-electron chi connectivity index (χ4n) is 1.78. The van der Waals surface area contributed by atoms with Gasteiger partial charge < -0.3 is 10.4 Å². The van der Waals surface area contributed by atoms with Gasteiger partial charge in [0.15, 0.2) is 0 Å². The molecule has 1 aromatic rings. The molecule has 5 heteroatoms. The number of pyridine rings is 1. The van der Waals surface area contributed by atoms with E-state index in [9.17, 15) is 14.3 Å². The second-order valence-corrected chi connectivity index (χ2v) is 4.14. The van der Waals surface area contributed by atoms with Gasteiger partial charge in [0.2, 0.25) is 0 Å². The molecule has 1 heterocycles. The van der Waals surface area contributed by atoms with E-state index in [-0.39, 0.29) is 18.1 Å². The molecule has 4 nitrogen and oxygen atoms in total. The van der Waals surface area contributed by atoms with Gasteiger partial charge in [0.25, 0.3) is 5.91 Å². The summed E-state index contributed by atoms with van der Waals surface area (Å²) in [5.41, 5.74) is -0.330. The van der Waals surface area contributed by atoms with Crippen molar-refractivity contribution in [1.82, 2.24) is 10.3 Å². The Labute approximate surface area is 92.5 Å².